The van der Waals surface area contributed by atoms with Crippen molar-refractivity contribution in [3.05, 3.63) is 35.9 Å². The lowest BCUT2D eigenvalue weighted by atomic mass is 9.96. The lowest BCUT2D eigenvalue weighted by Crippen LogP contribution is -2.69. The number of hydrogen-bond donors (Lipinski definition) is 2. The summed E-state index contributed by atoms with van der Waals surface area (Å²) in [7, 11) is 1.28. The van der Waals surface area contributed by atoms with Crippen LogP contribution in [0.25, 0.3) is 0 Å². The SMILES string of the molecule is COC(=O)C[C@H]1NC(=O)[C@@H]1NCC(=O)OCc1ccccc1. The number of amides is 1. The van der Waals surface area contributed by atoms with Crippen LogP contribution in [0.1, 0.15) is 12.0 Å². The maximum Gasteiger partial charge on any atom is 0.320 e. The van der Waals surface area contributed by atoms with E-state index in [2.05, 4.69) is 15.4 Å². The maximum atomic E-state index is 11.6. The molecule has 0 spiro atoms. The van der Waals surface area contributed by atoms with E-state index in [4.69, 9.17) is 4.74 Å². The van der Waals surface area contributed by atoms with E-state index in [-0.39, 0.29) is 31.5 Å². The van der Waals surface area contributed by atoms with E-state index in [9.17, 15) is 14.4 Å². The smallest absolute Gasteiger partial charge is 0.320 e. The number of esters is 2. The Morgan fingerprint density at radius 3 is 2.59 bits per heavy atom. The number of benzene rings is 1. The Morgan fingerprint density at radius 2 is 1.95 bits per heavy atom. The van der Waals surface area contributed by atoms with Gasteiger partial charge >= 0.3 is 11.9 Å². The van der Waals surface area contributed by atoms with Gasteiger partial charge in [0.25, 0.3) is 0 Å². The highest BCUT2D eigenvalue weighted by Crippen LogP contribution is 2.11. The summed E-state index contributed by atoms with van der Waals surface area (Å²) >= 11 is 0. The molecule has 0 aliphatic carbocycles. The normalized spacial score (nSPS) is 19.8. The first-order valence-electron chi connectivity index (χ1n) is 6.90. The van der Waals surface area contributed by atoms with E-state index in [0.717, 1.165) is 5.56 Å². The zero-order valence-corrected chi connectivity index (χ0v) is 12.2. The highest BCUT2D eigenvalue weighted by Gasteiger charge is 2.40. The zero-order valence-electron chi connectivity index (χ0n) is 12.2. The number of ether oxygens (including phenoxy) is 2. The monoisotopic (exact) mass is 306 g/mol. The summed E-state index contributed by atoms with van der Waals surface area (Å²) in [6.45, 7) is 0.0897. The van der Waals surface area contributed by atoms with Crippen LogP contribution in [0.15, 0.2) is 30.3 Å². The molecule has 118 valence electrons. The summed E-state index contributed by atoms with van der Waals surface area (Å²) < 4.78 is 9.64. The molecule has 0 saturated carbocycles. The minimum atomic E-state index is -0.580. The van der Waals surface area contributed by atoms with E-state index < -0.39 is 18.0 Å². The van der Waals surface area contributed by atoms with Crippen LogP contribution in [0, 0.1) is 0 Å². The molecule has 7 nitrogen and oxygen atoms in total. The summed E-state index contributed by atoms with van der Waals surface area (Å²) in [6.07, 6.45) is 0.0684. The number of nitrogens with one attached hydrogen (secondary N) is 2. The highest BCUT2D eigenvalue weighted by atomic mass is 16.5. The van der Waals surface area contributed by atoms with Gasteiger partial charge in [0.2, 0.25) is 5.91 Å². The molecule has 1 aliphatic heterocycles. The molecule has 7 heteroatoms. The number of β-lactam (4-membered cyclic amide) rings is 1. The fraction of sp³-hybridized carbons (Fsp3) is 0.400. The van der Waals surface area contributed by atoms with Crippen LogP contribution in [0.4, 0.5) is 0 Å². The average Bonchev–Trinajstić information content (AvgIpc) is 2.53. The second kappa shape index (κ2) is 7.56. The van der Waals surface area contributed by atoms with Gasteiger partial charge in [-0.3, -0.25) is 19.7 Å². The second-order valence-corrected chi connectivity index (χ2v) is 4.90. The first-order valence-corrected chi connectivity index (χ1v) is 6.90. The second-order valence-electron chi connectivity index (χ2n) is 4.90. The van der Waals surface area contributed by atoms with Gasteiger partial charge in [0.05, 0.1) is 26.1 Å². The summed E-state index contributed by atoms with van der Waals surface area (Å²) in [5.41, 5.74) is 0.890. The van der Waals surface area contributed by atoms with Crippen molar-refractivity contribution in [2.24, 2.45) is 0 Å². The first-order chi connectivity index (χ1) is 10.6. The van der Waals surface area contributed by atoms with Gasteiger partial charge in [-0.05, 0) is 5.56 Å². The van der Waals surface area contributed by atoms with Gasteiger partial charge < -0.3 is 14.8 Å². The Bertz CT molecular complexity index is 546. The van der Waals surface area contributed by atoms with E-state index in [1.165, 1.54) is 7.11 Å². The van der Waals surface area contributed by atoms with Crippen molar-refractivity contribution in [2.45, 2.75) is 25.1 Å². The van der Waals surface area contributed by atoms with Gasteiger partial charge in [-0.25, -0.2) is 0 Å². The maximum absolute atomic E-state index is 11.6. The molecule has 1 aliphatic rings. The molecule has 1 fully saturated rings. The van der Waals surface area contributed by atoms with E-state index in [1.54, 1.807) is 0 Å². The molecule has 22 heavy (non-hydrogen) atoms. The first kappa shape index (κ1) is 16.0. The molecule has 1 amide bonds. The molecule has 1 saturated heterocycles. The van der Waals surface area contributed by atoms with Crippen molar-refractivity contribution in [3.8, 4) is 0 Å². The molecule has 1 aromatic rings. The summed E-state index contributed by atoms with van der Waals surface area (Å²) in [4.78, 5) is 34.2. The van der Waals surface area contributed by atoms with E-state index in [0.29, 0.717) is 0 Å². The topological polar surface area (TPSA) is 93.7 Å². The van der Waals surface area contributed by atoms with Crippen LogP contribution in [0.2, 0.25) is 0 Å². The lowest BCUT2D eigenvalue weighted by molar-refractivity contribution is -0.145. The fourth-order valence-corrected chi connectivity index (χ4v) is 2.09. The van der Waals surface area contributed by atoms with Crippen molar-refractivity contribution in [3.63, 3.8) is 0 Å². The predicted octanol–water partition coefficient (Wildman–Crippen LogP) is -0.250. The quantitative estimate of drug-likeness (QED) is 0.533. The Hall–Kier alpha value is -2.41. The standard InChI is InChI=1S/C15H18N2O5/c1-21-12(18)7-11-14(15(20)17-11)16-8-13(19)22-9-10-5-3-2-4-6-10/h2-6,11,14,16H,7-9H2,1H3,(H,17,20)/t11-,14-/m1/s1. The van der Waals surface area contributed by atoms with Gasteiger partial charge in [0, 0.05) is 0 Å². The number of hydrogen-bond acceptors (Lipinski definition) is 6. The summed E-state index contributed by atoms with van der Waals surface area (Å²) in [5.74, 6) is -1.12. The van der Waals surface area contributed by atoms with Gasteiger partial charge in [-0.15, -0.1) is 0 Å². The Balaban J connectivity index is 1.71. The van der Waals surface area contributed by atoms with Crippen molar-refractivity contribution >= 4 is 17.8 Å². The van der Waals surface area contributed by atoms with Crippen LogP contribution < -0.4 is 10.6 Å². The number of carbonyl (C=O) groups excluding carboxylic acids is 3. The number of methoxy groups -OCH3 is 1. The molecular formula is C15H18N2O5. The molecule has 0 unspecified atom stereocenters. The van der Waals surface area contributed by atoms with Crippen molar-refractivity contribution in [2.75, 3.05) is 13.7 Å². The van der Waals surface area contributed by atoms with Crippen LogP contribution in [-0.2, 0) is 30.5 Å². The number of carbonyl (C=O) groups is 3. The fourth-order valence-electron chi connectivity index (χ4n) is 2.09. The average molecular weight is 306 g/mol. The van der Waals surface area contributed by atoms with Crippen LogP contribution in [0.5, 0.6) is 0 Å². The largest absolute Gasteiger partial charge is 0.469 e. The predicted molar refractivity (Wildman–Crippen MR) is 76.6 cm³/mol. The minimum absolute atomic E-state index is 0.0684. The highest BCUT2D eigenvalue weighted by molar-refractivity contribution is 5.91. The van der Waals surface area contributed by atoms with Crippen LogP contribution in [-0.4, -0.2) is 43.6 Å². The zero-order chi connectivity index (χ0) is 15.9. The summed E-state index contributed by atoms with van der Waals surface area (Å²) in [5, 5.41) is 5.38. The van der Waals surface area contributed by atoms with Crippen LogP contribution in [0.3, 0.4) is 0 Å². The third-order valence-electron chi connectivity index (χ3n) is 3.34. The molecule has 1 heterocycles. The molecule has 1 aromatic carbocycles. The van der Waals surface area contributed by atoms with Crippen molar-refractivity contribution < 1.29 is 23.9 Å². The molecule has 2 atom stereocenters. The molecule has 2 N–H and O–H groups in total. The molecule has 0 bridgehead atoms. The Labute approximate surface area is 128 Å². The molecular weight excluding hydrogens is 288 g/mol. The third kappa shape index (κ3) is 4.29. The van der Waals surface area contributed by atoms with Crippen molar-refractivity contribution in [1.82, 2.24) is 10.6 Å². The molecule has 2 rings (SSSR count). The van der Waals surface area contributed by atoms with Gasteiger partial charge in [0.15, 0.2) is 0 Å². The van der Waals surface area contributed by atoms with Crippen molar-refractivity contribution in [1.29, 1.82) is 0 Å². The van der Waals surface area contributed by atoms with Gasteiger partial charge in [-0.1, -0.05) is 30.3 Å². The lowest BCUT2D eigenvalue weighted by Gasteiger charge is -2.36. The minimum Gasteiger partial charge on any atom is -0.469 e. The van der Waals surface area contributed by atoms with Gasteiger partial charge in [0.1, 0.15) is 12.6 Å². The summed E-state index contributed by atoms with van der Waals surface area (Å²) in [6, 6.07) is 8.36. The van der Waals surface area contributed by atoms with Crippen LogP contribution >= 0.6 is 0 Å². The third-order valence-corrected chi connectivity index (χ3v) is 3.34. The Kier molecular flexibility index (Phi) is 5.48. The van der Waals surface area contributed by atoms with Gasteiger partial charge in [-0.2, -0.15) is 0 Å². The number of rotatable bonds is 7. The molecule has 0 aromatic heterocycles. The van der Waals surface area contributed by atoms with E-state index in [1.807, 2.05) is 30.3 Å². The van der Waals surface area contributed by atoms with E-state index >= 15 is 0 Å². The molecule has 0 radical (unpaired) electrons. The Morgan fingerprint density at radius 1 is 1.23 bits per heavy atom.